The van der Waals surface area contributed by atoms with Gasteiger partial charge < -0.3 is 15.4 Å². The summed E-state index contributed by atoms with van der Waals surface area (Å²) in [6.45, 7) is 0.935. The van der Waals surface area contributed by atoms with E-state index in [2.05, 4.69) is 20.4 Å². The fourth-order valence-corrected chi connectivity index (χ4v) is 2.51. The van der Waals surface area contributed by atoms with Gasteiger partial charge in [0.05, 0.1) is 7.11 Å². The normalized spacial score (nSPS) is 15.4. The van der Waals surface area contributed by atoms with Gasteiger partial charge in [0.2, 0.25) is 0 Å². The van der Waals surface area contributed by atoms with Crippen LogP contribution < -0.4 is 10.6 Å². The molecule has 0 atom stereocenters. The molecule has 124 valence electrons. The van der Waals surface area contributed by atoms with Crippen LogP contribution in [0.2, 0.25) is 0 Å². The second kappa shape index (κ2) is 13.2. The molecule has 5 nitrogen and oxygen atoms in total. The quantitative estimate of drug-likeness (QED) is 0.212. The molecule has 1 aliphatic rings. The molecule has 21 heavy (non-hydrogen) atoms. The minimum atomic E-state index is -0.107. The van der Waals surface area contributed by atoms with Gasteiger partial charge in [0, 0.05) is 26.1 Å². The Morgan fingerprint density at radius 1 is 1.19 bits per heavy atom. The van der Waals surface area contributed by atoms with Crippen LogP contribution in [0.15, 0.2) is 4.99 Å². The number of aliphatic imine (C=N–C) groups is 1. The Kier molecular flexibility index (Phi) is 12.8. The van der Waals surface area contributed by atoms with E-state index in [1.807, 2.05) is 7.05 Å². The Morgan fingerprint density at radius 3 is 2.48 bits per heavy atom. The summed E-state index contributed by atoms with van der Waals surface area (Å²) >= 11 is 0. The van der Waals surface area contributed by atoms with Gasteiger partial charge in [0.25, 0.3) is 0 Å². The number of unbranched alkanes of at least 4 members (excludes halogenated alkanes) is 3. The van der Waals surface area contributed by atoms with Gasteiger partial charge in [-0.1, -0.05) is 25.7 Å². The van der Waals surface area contributed by atoms with Gasteiger partial charge in [-0.25, -0.2) is 0 Å². The third kappa shape index (κ3) is 9.92. The topological polar surface area (TPSA) is 62.7 Å². The van der Waals surface area contributed by atoms with Gasteiger partial charge in [-0.3, -0.25) is 9.79 Å². The zero-order valence-electron chi connectivity index (χ0n) is 13.3. The number of nitrogens with one attached hydrogen (secondary N) is 2. The number of methoxy groups -OCH3 is 1. The van der Waals surface area contributed by atoms with E-state index in [0.29, 0.717) is 12.5 Å². The highest BCUT2D eigenvalue weighted by Crippen LogP contribution is 2.17. The van der Waals surface area contributed by atoms with Crippen LogP contribution in [0.3, 0.4) is 0 Å². The maximum atomic E-state index is 10.9. The lowest BCUT2D eigenvalue weighted by Crippen LogP contribution is -2.42. The maximum Gasteiger partial charge on any atom is 0.305 e. The molecule has 0 aromatic rings. The monoisotopic (exact) mass is 411 g/mol. The molecule has 1 rings (SSSR count). The Morgan fingerprint density at radius 2 is 1.86 bits per heavy atom. The van der Waals surface area contributed by atoms with Gasteiger partial charge in [-0.05, 0) is 25.7 Å². The number of nitrogens with zero attached hydrogens (tertiary/aromatic N) is 1. The highest BCUT2D eigenvalue weighted by molar-refractivity contribution is 14.0. The summed E-state index contributed by atoms with van der Waals surface area (Å²) in [6.07, 6.45) is 9.94. The lowest BCUT2D eigenvalue weighted by atomic mass is 10.1. The Hall–Kier alpha value is -0.530. The van der Waals surface area contributed by atoms with Crippen molar-refractivity contribution in [1.82, 2.24) is 10.6 Å². The molecule has 2 N–H and O–H groups in total. The summed E-state index contributed by atoms with van der Waals surface area (Å²) in [5, 5.41) is 6.82. The van der Waals surface area contributed by atoms with E-state index in [1.54, 1.807) is 0 Å². The number of carbonyl (C=O) groups excluding carboxylic acids is 1. The number of halogens is 1. The van der Waals surface area contributed by atoms with Crippen LogP contribution in [0.4, 0.5) is 0 Å². The molecule has 0 amide bonds. The molecule has 0 aliphatic heterocycles. The van der Waals surface area contributed by atoms with Crippen molar-refractivity contribution in [3.8, 4) is 0 Å². The smallest absolute Gasteiger partial charge is 0.305 e. The lowest BCUT2D eigenvalue weighted by molar-refractivity contribution is -0.140. The van der Waals surface area contributed by atoms with Crippen molar-refractivity contribution in [1.29, 1.82) is 0 Å². The van der Waals surface area contributed by atoms with Crippen LogP contribution in [-0.4, -0.2) is 38.7 Å². The van der Waals surface area contributed by atoms with Crippen molar-refractivity contribution >= 4 is 35.9 Å². The van der Waals surface area contributed by atoms with Crippen molar-refractivity contribution in [3.63, 3.8) is 0 Å². The minimum Gasteiger partial charge on any atom is -0.469 e. The second-order valence-electron chi connectivity index (χ2n) is 5.37. The Labute approximate surface area is 145 Å². The van der Waals surface area contributed by atoms with Crippen LogP contribution in [0.25, 0.3) is 0 Å². The minimum absolute atomic E-state index is 0. The number of ether oxygens (including phenoxy) is 1. The summed E-state index contributed by atoms with van der Waals surface area (Å²) in [7, 11) is 3.26. The van der Waals surface area contributed by atoms with Crippen molar-refractivity contribution in [2.75, 3.05) is 20.7 Å². The molecule has 0 radical (unpaired) electrons. The molecule has 0 aromatic heterocycles. The molecule has 6 heteroatoms. The highest BCUT2D eigenvalue weighted by Gasteiger charge is 2.15. The van der Waals surface area contributed by atoms with Crippen LogP contribution in [0.1, 0.15) is 57.8 Å². The zero-order chi connectivity index (χ0) is 14.6. The first kappa shape index (κ1) is 20.5. The zero-order valence-corrected chi connectivity index (χ0v) is 15.7. The summed E-state index contributed by atoms with van der Waals surface area (Å²) < 4.78 is 4.61. The molecule has 0 unspecified atom stereocenters. The van der Waals surface area contributed by atoms with Gasteiger partial charge in [0.15, 0.2) is 5.96 Å². The van der Waals surface area contributed by atoms with Crippen LogP contribution in [0.5, 0.6) is 0 Å². The van der Waals surface area contributed by atoms with Crippen molar-refractivity contribution in [3.05, 3.63) is 0 Å². The molecule has 1 saturated carbocycles. The van der Waals surface area contributed by atoms with E-state index in [0.717, 1.165) is 38.2 Å². The molecular formula is C15H30IN3O2. The third-order valence-electron chi connectivity index (χ3n) is 3.75. The van der Waals surface area contributed by atoms with Crippen LogP contribution in [0, 0.1) is 0 Å². The number of hydrogen-bond acceptors (Lipinski definition) is 3. The Balaban J connectivity index is 0.00000400. The standard InChI is InChI=1S/C15H29N3O2.HI/c1-16-15(18-13-9-6-7-10-13)17-12-8-4-3-5-11-14(19)20-2;/h13H,3-12H2,1-2H3,(H2,16,17,18);1H. The van der Waals surface area contributed by atoms with Gasteiger partial charge in [-0.15, -0.1) is 24.0 Å². The van der Waals surface area contributed by atoms with E-state index in [1.165, 1.54) is 32.8 Å². The van der Waals surface area contributed by atoms with E-state index < -0.39 is 0 Å². The second-order valence-corrected chi connectivity index (χ2v) is 5.37. The number of esters is 1. The molecule has 0 spiro atoms. The summed E-state index contributed by atoms with van der Waals surface area (Å²) in [4.78, 5) is 15.2. The number of carbonyl (C=O) groups is 1. The van der Waals surface area contributed by atoms with E-state index >= 15 is 0 Å². The average molecular weight is 411 g/mol. The average Bonchev–Trinajstić information content (AvgIpc) is 2.97. The molecule has 0 saturated heterocycles. The first-order valence-electron chi connectivity index (χ1n) is 7.80. The first-order valence-corrected chi connectivity index (χ1v) is 7.80. The molecule has 1 fully saturated rings. The summed E-state index contributed by atoms with van der Waals surface area (Å²) in [5.41, 5.74) is 0. The maximum absolute atomic E-state index is 10.9. The fourth-order valence-electron chi connectivity index (χ4n) is 2.51. The molecule has 0 bridgehead atoms. The summed E-state index contributed by atoms with van der Waals surface area (Å²) in [6, 6.07) is 0.598. The summed E-state index contributed by atoms with van der Waals surface area (Å²) in [5.74, 6) is 0.816. The first-order chi connectivity index (χ1) is 9.76. The predicted molar refractivity (Wildman–Crippen MR) is 97.3 cm³/mol. The fraction of sp³-hybridized carbons (Fsp3) is 0.867. The number of hydrogen-bond donors (Lipinski definition) is 2. The van der Waals surface area contributed by atoms with Gasteiger partial charge in [-0.2, -0.15) is 0 Å². The molecular weight excluding hydrogens is 381 g/mol. The highest BCUT2D eigenvalue weighted by atomic mass is 127. The lowest BCUT2D eigenvalue weighted by Gasteiger charge is -2.16. The SMILES string of the molecule is CN=C(NCCCCCCC(=O)OC)NC1CCCC1.I. The molecule has 0 heterocycles. The molecule has 1 aliphatic carbocycles. The molecule has 0 aromatic carbocycles. The van der Waals surface area contributed by atoms with Crippen LogP contribution >= 0.6 is 24.0 Å². The van der Waals surface area contributed by atoms with E-state index in [9.17, 15) is 4.79 Å². The van der Waals surface area contributed by atoms with Crippen LogP contribution in [-0.2, 0) is 9.53 Å². The van der Waals surface area contributed by atoms with Crippen molar-refractivity contribution in [2.24, 2.45) is 4.99 Å². The van der Waals surface area contributed by atoms with Gasteiger partial charge >= 0.3 is 5.97 Å². The van der Waals surface area contributed by atoms with E-state index in [-0.39, 0.29) is 29.9 Å². The predicted octanol–water partition coefficient (Wildman–Crippen LogP) is 2.84. The van der Waals surface area contributed by atoms with E-state index in [4.69, 9.17) is 0 Å². The number of rotatable bonds is 8. The third-order valence-corrected chi connectivity index (χ3v) is 3.75. The van der Waals surface area contributed by atoms with Gasteiger partial charge in [0.1, 0.15) is 0 Å². The number of guanidine groups is 1. The largest absolute Gasteiger partial charge is 0.469 e. The van der Waals surface area contributed by atoms with Crippen molar-refractivity contribution in [2.45, 2.75) is 63.8 Å². The Bertz CT molecular complexity index is 305. The van der Waals surface area contributed by atoms with Crippen molar-refractivity contribution < 1.29 is 9.53 Å².